The van der Waals surface area contributed by atoms with Crippen LogP contribution in [-0.2, 0) is 0 Å². The summed E-state index contributed by atoms with van der Waals surface area (Å²) in [6.07, 6.45) is -0.170. The van der Waals surface area contributed by atoms with Crippen LogP contribution in [0.3, 0.4) is 0 Å². The number of carbonyl (C=O) groups excluding carboxylic acids is 1. The second-order valence-corrected chi connectivity index (χ2v) is 6.15. The monoisotopic (exact) mass is 295 g/mol. The average molecular weight is 295 g/mol. The van der Waals surface area contributed by atoms with Gasteiger partial charge in [0, 0.05) is 24.7 Å². The first-order chi connectivity index (χ1) is 9.99. The lowest BCUT2D eigenvalue weighted by Crippen LogP contribution is -2.51. The number of carboxylic acid groups (broad SMARTS) is 1. The predicted octanol–water partition coefficient (Wildman–Crippen LogP) is 2.32. The maximum atomic E-state index is 12.7. The number of amides is 1. The van der Waals surface area contributed by atoms with Gasteiger partial charge < -0.3 is 14.8 Å². The Bertz CT molecular complexity index is 534. The van der Waals surface area contributed by atoms with E-state index in [0.29, 0.717) is 13.1 Å². The number of hydrogen-bond acceptors (Lipinski definition) is 3. The number of carbonyl (C=O) groups is 1. The minimum Gasteiger partial charge on any atom is -0.530 e. The third-order valence-corrected chi connectivity index (χ3v) is 4.88. The van der Waals surface area contributed by atoms with E-state index in [4.69, 9.17) is 0 Å². The summed E-state index contributed by atoms with van der Waals surface area (Å²) in [7, 11) is 0. The highest BCUT2D eigenvalue weighted by Crippen LogP contribution is 2.56. The van der Waals surface area contributed by atoms with E-state index in [-0.39, 0.29) is 17.0 Å². The first kappa shape index (κ1) is 14.2. The van der Waals surface area contributed by atoms with Crippen molar-refractivity contribution < 1.29 is 18.7 Å². The summed E-state index contributed by atoms with van der Waals surface area (Å²) < 4.78 is 25.3. The van der Waals surface area contributed by atoms with Crippen LogP contribution in [0.2, 0.25) is 0 Å². The molecule has 1 aromatic rings. The molecule has 0 bridgehead atoms. The molecule has 2 fully saturated rings. The van der Waals surface area contributed by atoms with Gasteiger partial charge in [-0.05, 0) is 43.2 Å². The molecule has 0 atom stereocenters. The standard InChI is InChI=1S/C15H18F2N2O2/c16-13(17)12-3-1-2-11(18-12)10-8-15(9-10)4-6-19(7-5-15)14(20)21/h1-3,10,13H,4-9H2,(H,20,21)/p-1. The number of aromatic nitrogens is 1. The Morgan fingerprint density at radius 2 is 2.00 bits per heavy atom. The normalized spacial score (nSPS) is 21.6. The van der Waals surface area contributed by atoms with Crippen LogP contribution < -0.4 is 5.11 Å². The summed E-state index contributed by atoms with van der Waals surface area (Å²) in [6.45, 7) is 1.03. The van der Waals surface area contributed by atoms with Gasteiger partial charge in [-0.15, -0.1) is 0 Å². The van der Waals surface area contributed by atoms with Crippen LogP contribution in [0.4, 0.5) is 13.6 Å². The van der Waals surface area contributed by atoms with E-state index in [1.54, 1.807) is 12.1 Å². The zero-order valence-electron chi connectivity index (χ0n) is 11.6. The van der Waals surface area contributed by atoms with Gasteiger partial charge in [0.1, 0.15) is 11.8 Å². The maximum Gasteiger partial charge on any atom is 0.280 e. The summed E-state index contributed by atoms with van der Waals surface area (Å²) >= 11 is 0. The molecule has 114 valence electrons. The summed E-state index contributed by atoms with van der Waals surface area (Å²) in [6, 6.07) is 4.79. The fourth-order valence-corrected chi connectivity index (χ4v) is 3.58. The molecule has 1 saturated carbocycles. The van der Waals surface area contributed by atoms with Crippen LogP contribution in [0.15, 0.2) is 18.2 Å². The zero-order valence-corrected chi connectivity index (χ0v) is 11.6. The molecule has 21 heavy (non-hydrogen) atoms. The lowest BCUT2D eigenvalue weighted by molar-refractivity contribution is -0.267. The zero-order chi connectivity index (χ0) is 15.0. The van der Waals surface area contributed by atoms with E-state index < -0.39 is 12.5 Å². The third kappa shape index (κ3) is 2.71. The van der Waals surface area contributed by atoms with Gasteiger partial charge >= 0.3 is 0 Å². The molecule has 1 saturated heterocycles. The second kappa shape index (κ2) is 5.24. The van der Waals surface area contributed by atoms with Gasteiger partial charge in [-0.2, -0.15) is 0 Å². The topological polar surface area (TPSA) is 56.3 Å². The lowest BCUT2D eigenvalue weighted by Gasteiger charge is -2.52. The van der Waals surface area contributed by atoms with Crippen molar-refractivity contribution in [2.24, 2.45) is 5.41 Å². The van der Waals surface area contributed by atoms with Gasteiger partial charge in [0.25, 0.3) is 6.43 Å². The quantitative estimate of drug-likeness (QED) is 0.841. The fraction of sp³-hybridized carbons (Fsp3) is 0.600. The van der Waals surface area contributed by atoms with Crippen molar-refractivity contribution in [2.75, 3.05) is 13.1 Å². The van der Waals surface area contributed by atoms with Crippen LogP contribution in [0.25, 0.3) is 0 Å². The number of pyridine rings is 1. The van der Waals surface area contributed by atoms with Crippen molar-refractivity contribution in [1.29, 1.82) is 0 Å². The highest BCUT2D eigenvalue weighted by molar-refractivity contribution is 5.62. The van der Waals surface area contributed by atoms with E-state index in [0.717, 1.165) is 31.4 Å². The highest BCUT2D eigenvalue weighted by atomic mass is 19.3. The number of hydrogen-bond donors (Lipinski definition) is 0. The molecule has 6 heteroatoms. The first-order valence-electron chi connectivity index (χ1n) is 7.20. The van der Waals surface area contributed by atoms with E-state index in [2.05, 4.69) is 4.98 Å². The Labute approximate surface area is 121 Å². The van der Waals surface area contributed by atoms with E-state index in [1.165, 1.54) is 11.0 Å². The third-order valence-electron chi connectivity index (χ3n) is 4.88. The van der Waals surface area contributed by atoms with Gasteiger partial charge in [0.15, 0.2) is 0 Å². The Morgan fingerprint density at radius 3 is 2.57 bits per heavy atom. The Balaban J connectivity index is 1.61. The lowest BCUT2D eigenvalue weighted by atomic mass is 9.57. The van der Waals surface area contributed by atoms with E-state index in [9.17, 15) is 18.7 Å². The molecule has 0 unspecified atom stereocenters. The highest BCUT2D eigenvalue weighted by Gasteiger charge is 2.46. The molecular formula is C15H17F2N2O2-. The second-order valence-electron chi connectivity index (χ2n) is 6.15. The SMILES string of the molecule is O=C([O-])N1CCC2(CC1)CC(c1cccc(C(F)F)n1)C2. The van der Waals surface area contributed by atoms with Crippen molar-refractivity contribution in [3.05, 3.63) is 29.6 Å². The fourth-order valence-electron chi connectivity index (χ4n) is 3.58. The number of rotatable bonds is 2. The predicted molar refractivity (Wildman–Crippen MR) is 69.8 cm³/mol. The van der Waals surface area contributed by atoms with Crippen LogP contribution in [0.1, 0.15) is 49.4 Å². The first-order valence-corrected chi connectivity index (χ1v) is 7.20. The number of likely N-dealkylation sites (tertiary alicyclic amines) is 1. The van der Waals surface area contributed by atoms with Crippen molar-refractivity contribution in [1.82, 2.24) is 9.88 Å². The molecule has 1 aliphatic carbocycles. The Kier molecular flexibility index (Phi) is 3.55. The maximum absolute atomic E-state index is 12.7. The van der Waals surface area contributed by atoms with Crippen LogP contribution >= 0.6 is 0 Å². The molecular weight excluding hydrogens is 278 g/mol. The summed E-state index contributed by atoms with van der Waals surface area (Å²) in [5, 5.41) is 10.8. The minimum atomic E-state index is -2.54. The number of nitrogens with zero attached hydrogens (tertiary/aromatic N) is 2. The summed E-state index contributed by atoms with van der Waals surface area (Å²) in [5.41, 5.74) is 0.736. The van der Waals surface area contributed by atoms with Crippen molar-refractivity contribution >= 4 is 6.09 Å². The number of piperidine rings is 1. The molecule has 2 heterocycles. The summed E-state index contributed by atoms with van der Waals surface area (Å²) in [4.78, 5) is 16.2. The Hall–Kier alpha value is -1.72. The minimum absolute atomic E-state index is 0.166. The molecule has 0 N–H and O–H groups in total. The smallest absolute Gasteiger partial charge is 0.280 e. The van der Waals surface area contributed by atoms with Crippen LogP contribution in [-0.4, -0.2) is 29.1 Å². The average Bonchev–Trinajstić information content (AvgIpc) is 2.45. The van der Waals surface area contributed by atoms with E-state index in [1.807, 2.05) is 0 Å². The molecule has 0 radical (unpaired) electrons. The van der Waals surface area contributed by atoms with Crippen molar-refractivity contribution in [2.45, 2.75) is 38.0 Å². The number of alkyl halides is 2. The molecule has 1 amide bonds. The molecule has 1 spiro atoms. The van der Waals surface area contributed by atoms with Crippen LogP contribution in [0.5, 0.6) is 0 Å². The van der Waals surface area contributed by atoms with Crippen molar-refractivity contribution in [3.8, 4) is 0 Å². The molecule has 0 aromatic carbocycles. The largest absolute Gasteiger partial charge is 0.530 e. The number of halogens is 2. The van der Waals surface area contributed by atoms with Crippen molar-refractivity contribution in [3.63, 3.8) is 0 Å². The van der Waals surface area contributed by atoms with Gasteiger partial charge in [0.2, 0.25) is 0 Å². The summed E-state index contributed by atoms with van der Waals surface area (Å²) in [5.74, 6) is 0.221. The molecule has 1 aromatic heterocycles. The Morgan fingerprint density at radius 1 is 1.33 bits per heavy atom. The van der Waals surface area contributed by atoms with Gasteiger partial charge in [0.05, 0.1) is 0 Å². The van der Waals surface area contributed by atoms with Gasteiger partial charge in [-0.1, -0.05) is 6.07 Å². The van der Waals surface area contributed by atoms with Gasteiger partial charge in [-0.3, -0.25) is 4.98 Å². The molecule has 3 rings (SSSR count). The molecule has 1 aliphatic heterocycles. The molecule has 4 nitrogen and oxygen atoms in total. The van der Waals surface area contributed by atoms with E-state index >= 15 is 0 Å². The van der Waals surface area contributed by atoms with Gasteiger partial charge in [-0.25, -0.2) is 8.78 Å². The molecule has 2 aliphatic rings. The van der Waals surface area contributed by atoms with Crippen LogP contribution in [0, 0.1) is 5.41 Å².